The van der Waals surface area contributed by atoms with Crippen LogP contribution < -0.4 is 0 Å². The third-order valence-corrected chi connectivity index (χ3v) is 8.08. The lowest BCUT2D eigenvalue weighted by atomic mass is 10.1. The molecule has 0 aromatic rings. The Balaban J connectivity index is 0. The average Bonchev–Trinajstić information content (AvgIpc) is 3.00. The maximum Gasteiger partial charge on any atom is 0.0996 e. The van der Waals surface area contributed by atoms with Crippen molar-refractivity contribution in [3.8, 4) is 0 Å². The Hall–Kier alpha value is -0.760. The van der Waals surface area contributed by atoms with Gasteiger partial charge in [-0.15, -0.1) is 0 Å². The van der Waals surface area contributed by atoms with Gasteiger partial charge in [0, 0.05) is 26.1 Å². The molecule has 2 nitrogen and oxygen atoms in total. The summed E-state index contributed by atoms with van der Waals surface area (Å²) in [5.74, 6) is 2.56. The van der Waals surface area contributed by atoms with E-state index in [9.17, 15) is 0 Å². The van der Waals surface area contributed by atoms with Gasteiger partial charge in [0.05, 0.1) is 11.5 Å². The molecule has 252 valence electrons. The topological polar surface area (TPSA) is 18.5 Å². The van der Waals surface area contributed by atoms with Crippen LogP contribution in [0.3, 0.4) is 0 Å². The maximum atomic E-state index is 6.72. The Morgan fingerprint density at radius 1 is 0.357 bits per heavy atom. The van der Waals surface area contributed by atoms with Crippen molar-refractivity contribution in [3.63, 3.8) is 0 Å². The van der Waals surface area contributed by atoms with Crippen LogP contribution >= 0.6 is 0 Å². The molecule has 2 heteroatoms. The molecule has 0 aromatic carbocycles. The fourth-order valence-corrected chi connectivity index (χ4v) is 5.30. The van der Waals surface area contributed by atoms with E-state index >= 15 is 0 Å². The van der Waals surface area contributed by atoms with Gasteiger partial charge in [0.2, 0.25) is 0 Å². The van der Waals surface area contributed by atoms with Crippen LogP contribution in [0.15, 0.2) is 23.7 Å². The molecule has 0 aliphatic carbocycles. The largest absolute Gasteiger partial charge is 0.467 e. The van der Waals surface area contributed by atoms with Gasteiger partial charge in [0.15, 0.2) is 0 Å². The van der Waals surface area contributed by atoms with Gasteiger partial charge < -0.3 is 9.47 Å². The molecule has 0 heterocycles. The van der Waals surface area contributed by atoms with E-state index in [0.29, 0.717) is 0 Å². The normalized spacial score (nSPS) is 12.0. The quantitative estimate of drug-likeness (QED) is 0.0571. The van der Waals surface area contributed by atoms with Crippen molar-refractivity contribution in [2.75, 3.05) is 13.2 Å². The Kier molecular flexibility index (Phi) is 41.6. The standard InChI is InChI=1S/C36H70O.C4H10O/c1-5-9-13-17-21-25-29-33-35(31-27-23-19-15-11-7-3)37-36(32-28-24-20-16-12-8-4)34-30-26-22-18-14-10-6-2;1-3-5-4-2/h33-34H,5-32H2,1-4H3;3-4H2,1-2H3/b35-33+,36-34+;. The van der Waals surface area contributed by atoms with Gasteiger partial charge in [0.25, 0.3) is 0 Å². The summed E-state index contributed by atoms with van der Waals surface area (Å²) in [6.45, 7) is 14.9. The summed E-state index contributed by atoms with van der Waals surface area (Å²) < 4.78 is 11.6. The molecule has 0 fully saturated rings. The highest BCUT2D eigenvalue weighted by Crippen LogP contribution is 2.23. The number of rotatable bonds is 32. The summed E-state index contributed by atoms with van der Waals surface area (Å²) >= 11 is 0. The van der Waals surface area contributed by atoms with E-state index in [1.807, 2.05) is 13.8 Å². The lowest BCUT2D eigenvalue weighted by Crippen LogP contribution is -1.97. The first-order valence-electron chi connectivity index (χ1n) is 19.3. The fourth-order valence-electron chi connectivity index (χ4n) is 5.30. The van der Waals surface area contributed by atoms with Crippen molar-refractivity contribution in [1.29, 1.82) is 0 Å². The van der Waals surface area contributed by atoms with Crippen molar-refractivity contribution in [2.45, 2.75) is 221 Å². The van der Waals surface area contributed by atoms with Crippen LogP contribution in [0, 0.1) is 0 Å². The molecule has 0 aliphatic rings. The number of allylic oxidation sites excluding steroid dienone is 4. The zero-order valence-electron chi connectivity index (χ0n) is 30.2. The number of hydrogen-bond acceptors (Lipinski definition) is 2. The molecule has 0 atom stereocenters. The summed E-state index contributed by atoms with van der Waals surface area (Å²) in [5, 5.41) is 0. The van der Waals surface area contributed by atoms with Crippen molar-refractivity contribution >= 4 is 0 Å². The van der Waals surface area contributed by atoms with Crippen molar-refractivity contribution in [3.05, 3.63) is 23.7 Å². The van der Waals surface area contributed by atoms with E-state index in [4.69, 9.17) is 9.47 Å². The third-order valence-electron chi connectivity index (χ3n) is 8.08. The molecule has 0 amide bonds. The summed E-state index contributed by atoms with van der Waals surface area (Å²) in [5.41, 5.74) is 0. The second kappa shape index (κ2) is 40.2. The molecule has 0 rings (SSSR count). The van der Waals surface area contributed by atoms with Gasteiger partial charge in [-0.25, -0.2) is 0 Å². The second-order valence-electron chi connectivity index (χ2n) is 12.4. The molecule has 0 N–H and O–H groups in total. The molecule has 0 spiro atoms. The van der Waals surface area contributed by atoms with E-state index < -0.39 is 0 Å². The fraction of sp³-hybridized carbons (Fsp3) is 0.900. The first-order valence-corrected chi connectivity index (χ1v) is 19.3. The molecule has 0 unspecified atom stereocenters. The minimum atomic E-state index is 0.844. The molecule has 0 bridgehead atoms. The number of unbranched alkanes of at least 4 members (excludes halogenated alkanes) is 22. The second-order valence-corrected chi connectivity index (χ2v) is 12.4. The Labute approximate surface area is 267 Å². The molecule has 0 saturated heterocycles. The van der Waals surface area contributed by atoms with Gasteiger partial charge >= 0.3 is 0 Å². The Morgan fingerprint density at radius 2 is 0.643 bits per heavy atom. The smallest absolute Gasteiger partial charge is 0.0996 e. The van der Waals surface area contributed by atoms with E-state index in [2.05, 4.69) is 39.8 Å². The van der Waals surface area contributed by atoms with Crippen LogP contribution in [-0.4, -0.2) is 13.2 Å². The molecular formula is C40H80O2. The monoisotopic (exact) mass is 593 g/mol. The summed E-state index contributed by atoms with van der Waals surface area (Å²) in [6.07, 6.45) is 42.3. The molecule has 0 aromatic heterocycles. The minimum Gasteiger partial charge on any atom is -0.467 e. The highest BCUT2D eigenvalue weighted by atomic mass is 16.5. The molecule has 0 saturated carbocycles. The van der Waals surface area contributed by atoms with E-state index in [-0.39, 0.29) is 0 Å². The van der Waals surface area contributed by atoms with Gasteiger partial charge in [-0.3, -0.25) is 0 Å². The molecule has 0 aliphatic heterocycles. The summed E-state index contributed by atoms with van der Waals surface area (Å²) in [6, 6.07) is 0. The predicted octanol–water partition coefficient (Wildman–Crippen LogP) is 14.8. The van der Waals surface area contributed by atoms with E-state index in [1.54, 1.807) is 0 Å². The van der Waals surface area contributed by atoms with E-state index in [1.165, 1.54) is 178 Å². The molecule has 42 heavy (non-hydrogen) atoms. The first kappa shape index (κ1) is 43.4. The zero-order valence-corrected chi connectivity index (χ0v) is 30.2. The highest BCUT2D eigenvalue weighted by molar-refractivity contribution is 5.02. The average molecular weight is 593 g/mol. The third kappa shape index (κ3) is 37.3. The SMILES string of the molecule is CCCCCCCC/C=C(\CCCCCCCC)O/C(=C/CCCCCCCC)CCCCCCCC.CCOCC. The summed E-state index contributed by atoms with van der Waals surface area (Å²) in [4.78, 5) is 0. The zero-order chi connectivity index (χ0) is 31.2. The number of hydrogen-bond donors (Lipinski definition) is 0. The maximum absolute atomic E-state index is 6.72. The van der Waals surface area contributed by atoms with Crippen LogP contribution in [0.1, 0.15) is 221 Å². The van der Waals surface area contributed by atoms with Crippen LogP contribution in [-0.2, 0) is 9.47 Å². The van der Waals surface area contributed by atoms with Crippen molar-refractivity contribution in [2.24, 2.45) is 0 Å². The van der Waals surface area contributed by atoms with Crippen LogP contribution in [0.5, 0.6) is 0 Å². The molecule has 0 radical (unpaired) electrons. The predicted molar refractivity (Wildman–Crippen MR) is 191 cm³/mol. The number of ether oxygens (including phenoxy) is 2. The minimum absolute atomic E-state index is 0.844. The first-order chi connectivity index (χ1) is 20.7. The van der Waals surface area contributed by atoms with Crippen LogP contribution in [0.2, 0.25) is 0 Å². The Bertz CT molecular complexity index is 490. The Morgan fingerprint density at radius 3 is 0.929 bits per heavy atom. The van der Waals surface area contributed by atoms with Crippen molar-refractivity contribution in [1.82, 2.24) is 0 Å². The molecular weight excluding hydrogens is 512 g/mol. The van der Waals surface area contributed by atoms with Crippen molar-refractivity contribution < 1.29 is 9.47 Å². The van der Waals surface area contributed by atoms with Gasteiger partial charge in [-0.05, 0) is 64.5 Å². The summed E-state index contributed by atoms with van der Waals surface area (Å²) in [7, 11) is 0. The van der Waals surface area contributed by atoms with Crippen LogP contribution in [0.25, 0.3) is 0 Å². The van der Waals surface area contributed by atoms with Gasteiger partial charge in [0.1, 0.15) is 0 Å². The van der Waals surface area contributed by atoms with Gasteiger partial charge in [-0.1, -0.05) is 156 Å². The van der Waals surface area contributed by atoms with Crippen LogP contribution in [0.4, 0.5) is 0 Å². The highest BCUT2D eigenvalue weighted by Gasteiger charge is 2.06. The lowest BCUT2D eigenvalue weighted by Gasteiger charge is -2.15. The van der Waals surface area contributed by atoms with E-state index in [0.717, 1.165) is 26.1 Å². The lowest BCUT2D eigenvalue weighted by molar-refractivity contribution is 0.162. The van der Waals surface area contributed by atoms with Gasteiger partial charge in [-0.2, -0.15) is 0 Å².